The summed E-state index contributed by atoms with van der Waals surface area (Å²) >= 11 is 0. The summed E-state index contributed by atoms with van der Waals surface area (Å²) in [5, 5.41) is 13.2. The van der Waals surface area contributed by atoms with Crippen molar-refractivity contribution in [3.63, 3.8) is 0 Å². The van der Waals surface area contributed by atoms with Crippen LogP contribution in [-0.4, -0.2) is 42.3 Å². The number of amides is 2. The summed E-state index contributed by atoms with van der Waals surface area (Å²) in [6, 6.07) is 19.7. The predicted octanol–water partition coefficient (Wildman–Crippen LogP) is 5.15. The Hall–Kier alpha value is -4.20. The van der Waals surface area contributed by atoms with Crippen molar-refractivity contribution in [1.82, 2.24) is 5.32 Å². The smallest absolute Gasteiger partial charge is 0.272 e. The molecule has 0 aromatic heterocycles. The molecule has 1 saturated carbocycles. The van der Waals surface area contributed by atoms with Crippen molar-refractivity contribution in [3.05, 3.63) is 78.4 Å². The van der Waals surface area contributed by atoms with Gasteiger partial charge in [-0.2, -0.15) is 0 Å². The van der Waals surface area contributed by atoms with E-state index in [2.05, 4.69) is 5.32 Å². The fourth-order valence-electron chi connectivity index (χ4n) is 5.19. The third-order valence-corrected chi connectivity index (χ3v) is 7.10. The molecule has 0 bridgehead atoms. The maximum atomic E-state index is 14.3. The summed E-state index contributed by atoms with van der Waals surface area (Å²) in [6.45, 7) is 2.35. The lowest BCUT2D eigenvalue weighted by Gasteiger charge is -2.36. The Morgan fingerprint density at radius 3 is 2.49 bits per heavy atom. The Kier molecular flexibility index (Phi) is 8.20. The Labute approximate surface area is 228 Å². The molecule has 3 aromatic rings. The van der Waals surface area contributed by atoms with Crippen LogP contribution in [0.2, 0.25) is 0 Å². The molecule has 39 heavy (non-hydrogen) atoms. The molecule has 2 N–H and O–H groups in total. The first-order valence-electron chi connectivity index (χ1n) is 13.6. The number of carbonyl (C=O) groups is 2. The van der Waals surface area contributed by atoms with Gasteiger partial charge in [0.1, 0.15) is 24.1 Å². The average molecular weight is 531 g/mol. The molecule has 2 amide bonds. The van der Waals surface area contributed by atoms with Gasteiger partial charge in [0.15, 0.2) is 11.5 Å². The normalized spacial score (nSPS) is 17.6. The van der Waals surface area contributed by atoms with E-state index in [1.165, 1.54) is 17.0 Å². The molecular formula is C31H34N2O6. The van der Waals surface area contributed by atoms with Crippen molar-refractivity contribution in [2.45, 2.75) is 57.2 Å². The van der Waals surface area contributed by atoms with Gasteiger partial charge in [0.2, 0.25) is 12.0 Å². The van der Waals surface area contributed by atoms with Crippen LogP contribution in [-0.2, 0) is 9.59 Å². The van der Waals surface area contributed by atoms with Gasteiger partial charge >= 0.3 is 0 Å². The summed E-state index contributed by atoms with van der Waals surface area (Å²) in [6.07, 6.45) is 4.10. The minimum atomic E-state index is -1.02. The number of phenolic OH excluding ortho intramolecular Hbond substituents is 1. The highest BCUT2D eigenvalue weighted by molar-refractivity contribution is 6.03. The number of rotatable bonds is 8. The van der Waals surface area contributed by atoms with Crippen LogP contribution in [0.15, 0.2) is 72.8 Å². The number of hydrogen-bond donors (Lipinski definition) is 2. The van der Waals surface area contributed by atoms with E-state index in [4.69, 9.17) is 14.2 Å². The van der Waals surface area contributed by atoms with Crippen LogP contribution < -0.4 is 24.4 Å². The monoisotopic (exact) mass is 530 g/mol. The molecule has 1 aliphatic carbocycles. The number of nitrogens with one attached hydrogen (secondary N) is 1. The van der Waals surface area contributed by atoms with E-state index in [0.717, 1.165) is 32.1 Å². The molecule has 1 heterocycles. The zero-order valence-corrected chi connectivity index (χ0v) is 22.0. The van der Waals surface area contributed by atoms with Crippen molar-refractivity contribution in [3.8, 4) is 23.0 Å². The van der Waals surface area contributed by atoms with Crippen LogP contribution in [0.4, 0.5) is 5.69 Å². The van der Waals surface area contributed by atoms with E-state index < -0.39 is 18.1 Å². The van der Waals surface area contributed by atoms with Gasteiger partial charge in [-0.3, -0.25) is 14.5 Å². The first kappa shape index (κ1) is 26.4. The van der Waals surface area contributed by atoms with Gasteiger partial charge in [-0.05, 0) is 61.7 Å². The van der Waals surface area contributed by atoms with Gasteiger partial charge in [-0.1, -0.05) is 49.6 Å². The van der Waals surface area contributed by atoms with E-state index in [1.54, 1.807) is 42.5 Å². The number of aromatic hydroxyl groups is 1. The minimum absolute atomic E-state index is 0.00401. The van der Waals surface area contributed by atoms with E-state index in [-0.39, 0.29) is 24.3 Å². The molecule has 2 aliphatic rings. The summed E-state index contributed by atoms with van der Waals surface area (Å²) in [5.74, 6) is 0.975. The number of phenols is 1. The lowest BCUT2D eigenvalue weighted by Crippen LogP contribution is -2.52. The summed E-state index contributed by atoms with van der Waals surface area (Å²) in [5.41, 5.74) is 1.05. The van der Waals surface area contributed by atoms with Crippen molar-refractivity contribution in [2.75, 3.05) is 18.1 Å². The van der Waals surface area contributed by atoms with Crippen molar-refractivity contribution in [1.29, 1.82) is 0 Å². The third-order valence-electron chi connectivity index (χ3n) is 7.10. The van der Waals surface area contributed by atoms with Gasteiger partial charge in [0.05, 0.1) is 6.61 Å². The van der Waals surface area contributed by atoms with Gasteiger partial charge < -0.3 is 24.6 Å². The largest absolute Gasteiger partial charge is 0.508 e. The lowest BCUT2D eigenvalue weighted by molar-refractivity contribution is -0.132. The standard InChI is InChI=1S/C31H34N2O6/c1-2-37-25-12-8-11-23(19-25)33(31(36)28-20-38-26-13-6-7-14-27(26)39-28)29(21-15-17-24(34)18-16-21)30(35)32-22-9-4-3-5-10-22/h6-8,11-19,22,28-29,34H,2-5,9-10,20H2,1H3,(H,32,35)/t28-,29-/m0/s1. The number of anilines is 1. The van der Waals surface area contributed by atoms with Crippen LogP contribution in [0.3, 0.4) is 0 Å². The number of fused-ring (bicyclic) bond motifs is 1. The quantitative estimate of drug-likeness (QED) is 0.418. The molecule has 0 saturated heterocycles. The van der Waals surface area contributed by atoms with Crippen molar-refractivity contribution in [2.24, 2.45) is 0 Å². The fraction of sp³-hybridized carbons (Fsp3) is 0.355. The maximum absolute atomic E-state index is 14.3. The lowest BCUT2D eigenvalue weighted by atomic mass is 9.94. The Morgan fingerprint density at radius 1 is 1.00 bits per heavy atom. The average Bonchev–Trinajstić information content (AvgIpc) is 2.96. The minimum Gasteiger partial charge on any atom is -0.508 e. The molecule has 2 atom stereocenters. The highest BCUT2D eigenvalue weighted by atomic mass is 16.6. The molecule has 8 heteroatoms. The Morgan fingerprint density at radius 2 is 1.74 bits per heavy atom. The van der Waals surface area contributed by atoms with Gasteiger partial charge in [-0.15, -0.1) is 0 Å². The molecule has 1 fully saturated rings. The number of ether oxygens (including phenoxy) is 3. The zero-order valence-electron chi connectivity index (χ0n) is 22.0. The molecule has 204 valence electrons. The van der Waals surface area contributed by atoms with Gasteiger partial charge in [-0.25, -0.2) is 0 Å². The second-order valence-electron chi connectivity index (χ2n) is 9.84. The molecular weight excluding hydrogens is 496 g/mol. The first-order chi connectivity index (χ1) is 19.0. The number of nitrogens with zero attached hydrogens (tertiary/aromatic N) is 1. The van der Waals surface area contributed by atoms with Crippen molar-refractivity contribution < 1.29 is 28.9 Å². The molecule has 0 radical (unpaired) electrons. The Bertz CT molecular complexity index is 1290. The van der Waals surface area contributed by atoms with Crippen LogP contribution in [0, 0.1) is 0 Å². The van der Waals surface area contributed by atoms with E-state index in [9.17, 15) is 14.7 Å². The fourth-order valence-corrected chi connectivity index (χ4v) is 5.19. The maximum Gasteiger partial charge on any atom is 0.272 e. The van der Waals surface area contributed by atoms with Crippen LogP contribution in [0.5, 0.6) is 23.0 Å². The van der Waals surface area contributed by atoms with Crippen molar-refractivity contribution >= 4 is 17.5 Å². The van der Waals surface area contributed by atoms with Crippen LogP contribution in [0.25, 0.3) is 0 Å². The number of benzene rings is 3. The third kappa shape index (κ3) is 6.11. The van der Waals surface area contributed by atoms with Crippen LogP contribution >= 0.6 is 0 Å². The van der Waals surface area contributed by atoms with E-state index in [1.807, 2.05) is 25.1 Å². The molecule has 0 unspecified atom stereocenters. The van der Waals surface area contributed by atoms with E-state index in [0.29, 0.717) is 35.1 Å². The van der Waals surface area contributed by atoms with Gasteiger partial charge in [0.25, 0.3) is 5.91 Å². The topological polar surface area (TPSA) is 97.3 Å². The highest BCUT2D eigenvalue weighted by Crippen LogP contribution is 2.36. The van der Waals surface area contributed by atoms with E-state index >= 15 is 0 Å². The second-order valence-corrected chi connectivity index (χ2v) is 9.84. The number of carbonyl (C=O) groups excluding carboxylic acids is 2. The highest BCUT2D eigenvalue weighted by Gasteiger charge is 2.40. The van der Waals surface area contributed by atoms with Gasteiger partial charge in [0, 0.05) is 17.8 Å². The number of hydrogen-bond acceptors (Lipinski definition) is 6. The summed E-state index contributed by atoms with van der Waals surface area (Å²) < 4.78 is 17.7. The Balaban J connectivity index is 1.56. The SMILES string of the molecule is CCOc1cccc(N(C(=O)[C@@H]2COc3ccccc3O2)[C@H](C(=O)NC2CCCCC2)c2ccc(O)cc2)c1. The predicted molar refractivity (Wildman–Crippen MR) is 147 cm³/mol. The second kappa shape index (κ2) is 12.1. The molecule has 8 nitrogen and oxygen atoms in total. The first-order valence-corrected chi connectivity index (χ1v) is 13.6. The van der Waals surface area contributed by atoms with Crippen LogP contribution in [0.1, 0.15) is 50.6 Å². The molecule has 5 rings (SSSR count). The summed E-state index contributed by atoms with van der Waals surface area (Å²) in [7, 11) is 0. The molecule has 3 aromatic carbocycles. The number of para-hydroxylation sites is 2. The zero-order chi connectivity index (χ0) is 27.2. The summed E-state index contributed by atoms with van der Waals surface area (Å²) in [4.78, 5) is 29.8. The molecule has 0 spiro atoms. The molecule has 1 aliphatic heterocycles.